The summed E-state index contributed by atoms with van der Waals surface area (Å²) >= 11 is 1.62. The third kappa shape index (κ3) is 5.16. The number of amides is 1. The minimum absolute atomic E-state index is 0.0183. The molecule has 25 heavy (non-hydrogen) atoms. The Morgan fingerprint density at radius 2 is 1.88 bits per heavy atom. The van der Waals surface area contributed by atoms with Crippen molar-refractivity contribution in [1.29, 1.82) is 0 Å². The first-order chi connectivity index (χ1) is 12.2. The number of aryl methyl sites for hydroxylation is 1. The topological polar surface area (TPSA) is 51.2 Å². The number of rotatable bonds is 7. The standard InChI is InChI=1S/C20H20N2O2S/c1-15-14-25-20(22-15)17-7-9-18(10-8-17)24-13-19(23)21-12-11-16-5-3-2-4-6-16/h2-10,14H,11-13H2,1H3,(H,21,23). The van der Waals surface area contributed by atoms with Gasteiger partial charge in [-0.1, -0.05) is 30.3 Å². The van der Waals surface area contributed by atoms with E-state index in [2.05, 4.69) is 10.3 Å². The zero-order valence-electron chi connectivity index (χ0n) is 14.1. The van der Waals surface area contributed by atoms with Crippen molar-refractivity contribution in [1.82, 2.24) is 10.3 Å². The first-order valence-corrected chi connectivity index (χ1v) is 9.05. The molecule has 1 N–H and O–H groups in total. The summed E-state index contributed by atoms with van der Waals surface area (Å²) in [5.74, 6) is 0.561. The number of carbonyl (C=O) groups is 1. The van der Waals surface area contributed by atoms with Gasteiger partial charge in [-0.3, -0.25) is 4.79 Å². The van der Waals surface area contributed by atoms with E-state index in [9.17, 15) is 4.79 Å². The summed E-state index contributed by atoms with van der Waals surface area (Å²) in [6.45, 7) is 2.60. The van der Waals surface area contributed by atoms with Crippen molar-refractivity contribution >= 4 is 17.2 Å². The largest absolute Gasteiger partial charge is 0.484 e. The zero-order chi connectivity index (χ0) is 17.5. The highest BCUT2D eigenvalue weighted by Gasteiger charge is 2.05. The number of aromatic nitrogens is 1. The van der Waals surface area contributed by atoms with Crippen LogP contribution < -0.4 is 10.1 Å². The molecule has 128 valence electrons. The maximum Gasteiger partial charge on any atom is 0.257 e. The molecule has 0 aliphatic carbocycles. The van der Waals surface area contributed by atoms with Crippen LogP contribution >= 0.6 is 11.3 Å². The Kier molecular flexibility index (Phi) is 5.80. The maximum atomic E-state index is 11.9. The molecule has 0 fully saturated rings. The van der Waals surface area contributed by atoms with E-state index in [-0.39, 0.29) is 12.5 Å². The lowest BCUT2D eigenvalue weighted by Gasteiger charge is -2.08. The summed E-state index contributed by atoms with van der Waals surface area (Å²) in [6.07, 6.45) is 0.814. The van der Waals surface area contributed by atoms with Gasteiger partial charge >= 0.3 is 0 Å². The molecule has 4 nitrogen and oxygen atoms in total. The van der Waals surface area contributed by atoms with Crippen LogP contribution in [0.25, 0.3) is 10.6 Å². The van der Waals surface area contributed by atoms with Crippen molar-refractivity contribution in [2.75, 3.05) is 13.2 Å². The number of benzene rings is 2. The van der Waals surface area contributed by atoms with Crippen LogP contribution in [0, 0.1) is 6.92 Å². The minimum Gasteiger partial charge on any atom is -0.484 e. The molecule has 0 aliphatic heterocycles. The van der Waals surface area contributed by atoms with Crippen LogP contribution in [0.4, 0.5) is 0 Å². The normalized spacial score (nSPS) is 10.4. The SMILES string of the molecule is Cc1csc(-c2ccc(OCC(=O)NCCc3ccccc3)cc2)n1. The summed E-state index contributed by atoms with van der Waals surface area (Å²) in [5, 5.41) is 5.89. The fourth-order valence-electron chi connectivity index (χ4n) is 2.37. The molecular weight excluding hydrogens is 332 g/mol. The van der Waals surface area contributed by atoms with Gasteiger partial charge in [0.05, 0.1) is 0 Å². The van der Waals surface area contributed by atoms with Crippen molar-refractivity contribution in [2.24, 2.45) is 0 Å². The number of ether oxygens (including phenoxy) is 1. The fourth-order valence-corrected chi connectivity index (χ4v) is 3.17. The van der Waals surface area contributed by atoms with Crippen LogP contribution in [0.2, 0.25) is 0 Å². The van der Waals surface area contributed by atoms with Crippen molar-refractivity contribution in [3.8, 4) is 16.3 Å². The maximum absolute atomic E-state index is 11.9. The monoisotopic (exact) mass is 352 g/mol. The Morgan fingerprint density at radius 3 is 2.56 bits per heavy atom. The summed E-state index contributed by atoms with van der Waals surface area (Å²) < 4.78 is 5.54. The van der Waals surface area contributed by atoms with Crippen LogP contribution in [0.15, 0.2) is 60.0 Å². The highest BCUT2D eigenvalue weighted by atomic mass is 32.1. The lowest BCUT2D eigenvalue weighted by Crippen LogP contribution is -2.30. The van der Waals surface area contributed by atoms with E-state index >= 15 is 0 Å². The number of nitrogens with zero attached hydrogens (tertiary/aromatic N) is 1. The molecule has 0 aliphatic rings. The van der Waals surface area contributed by atoms with E-state index in [4.69, 9.17) is 4.74 Å². The van der Waals surface area contributed by atoms with Gasteiger partial charge in [-0.05, 0) is 43.2 Å². The van der Waals surface area contributed by atoms with Gasteiger partial charge in [0.1, 0.15) is 10.8 Å². The predicted molar refractivity (Wildman–Crippen MR) is 101 cm³/mol. The Hall–Kier alpha value is -2.66. The molecule has 1 heterocycles. The molecule has 1 aromatic heterocycles. The van der Waals surface area contributed by atoms with E-state index in [0.717, 1.165) is 22.7 Å². The fraction of sp³-hybridized carbons (Fsp3) is 0.200. The summed E-state index contributed by atoms with van der Waals surface area (Å²) in [5.41, 5.74) is 3.28. The van der Waals surface area contributed by atoms with E-state index in [0.29, 0.717) is 12.3 Å². The molecule has 1 amide bonds. The molecule has 0 saturated heterocycles. The van der Waals surface area contributed by atoms with Crippen molar-refractivity contribution in [3.63, 3.8) is 0 Å². The second kappa shape index (κ2) is 8.44. The van der Waals surface area contributed by atoms with Crippen LogP contribution in [0.1, 0.15) is 11.3 Å². The zero-order valence-corrected chi connectivity index (χ0v) is 14.9. The number of hydrogen-bond acceptors (Lipinski definition) is 4. The molecule has 0 saturated carbocycles. The quantitative estimate of drug-likeness (QED) is 0.702. The highest BCUT2D eigenvalue weighted by molar-refractivity contribution is 7.13. The summed E-state index contributed by atoms with van der Waals surface area (Å²) in [4.78, 5) is 16.3. The average Bonchev–Trinajstić information content (AvgIpc) is 3.08. The van der Waals surface area contributed by atoms with Crippen LogP contribution in [0.5, 0.6) is 5.75 Å². The predicted octanol–water partition coefficient (Wildman–Crippen LogP) is 3.86. The Balaban J connectivity index is 1.42. The Labute approximate surface area is 151 Å². The second-order valence-electron chi connectivity index (χ2n) is 5.69. The number of hydrogen-bond donors (Lipinski definition) is 1. The highest BCUT2D eigenvalue weighted by Crippen LogP contribution is 2.25. The van der Waals surface area contributed by atoms with Gasteiger partial charge in [0.15, 0.2) is 6.61 Å². The number of nitrogens with one attached hydrogen (secondary N) is 1. The second-order valence-corrected chi connectivity index (χ2v) is 6.55. The summed E-state index contributed by atoms with van der Waals surface area (Å²) in [6, 6.07) is 17.7. The molecular formula is C20H20N2O2S. The van der Waals surface area contributed by atoms with Gasteiger partial charge in [-0.2, -0.15) is 0 Å². The van der Waals surface area contributed by atoms with Crippen molar-refractivity contribution in [3.05, 3.63) is 71.2 Å². The summed E-state index contributed by atoms with van der Waals surface area (Å²) in [7, 11) is 0. The van der Waals surface area contributed by atoms with Crippen LogP contribution in [0.3, 0.4) is 0 Å². The third-order valence-corrected chi connectivity index (χ3v) is 4.68. The molecule has 3 rings (SSSR count). The molecule has 0 bridgehead atoms. The minimum atomic E-state index is -0.115. The van der Waals surface area contributed by atoms with E-state index < -0.39 is 0 Å². The molecule has 3 aromatic rings. The van der Waals surface area contributed by atoms with E-state index in [1.807, 2.05) is 66.9 Å². The third-order valence-electron chi connectivity index (χ3n) is 3.67. The smallest absolute Gasteiger partial charge is 0.257 e. The van der Waals surface area contributed by atoms with Gasteiger partial charge < -0.3 is 10.1 Å². The molecule has 0 atom stereocenters. The first-order valence-electron chi connectivity index (χ1n) is 8.17. The van der Waals surface area contributed by atoms with Gasteiger partial charge in [0, 0.05) is 23.2 Å². The van der Waals surface area contributed by atoms with Gasteiger partial charge in [-0.25, -0.2) is 4.98 Å². The van der Waals surface area contributed by atoms with Gasteiger partial charge in [0.25, 0.3) is 5.91 Å². The molecule has 0 unspecified atom stereocenters. The van der Waals surface area contributed by atoms with E-state index in [1.54, 1.807) is 11.3 Å². The number of thiazole rings is 1. The first kappa shape index (κ1) is 17.2. The van der Waals surface area contributed by atoms with Crippen molar-refractivity contribution < 1.29 is 9.53 Å². The molecule has 2 aromatic carbocycles. The average molecular weight is 352 g/mol. The Bertz CT molecular complexity index is 813. The molecule has 0 spiro atoms. The Morgan fingerprint density at radius 1 is 1.12 bits per heavy atom. The lowest BCUT2D eigenvalue weighted by atomic mass is 10.1. The molecule has 5 heteroatoms. The lowest BCUT2D eigenvalue weighted by molar-refractivity contribution is -0.123. The van der Waals surface area contributed by atoms with Gasteiger partial charge in [0.2, 0.25) is 0 Å². The van der Waals surface area contributed by atoms with Gasteiger partial charge in [-0.15, -0.1) is 11.3 Å². The van der Waals surface area contributed by atoms with Crippen molar-refractivity contribution in [2.45, 2.75) is 13.3 Å². The molecule has 0 radical (unpaired) electrons. The van der Waals surface area contributed by atoms with E-state index in [1.165, 1.54) is 5.56 Å². The van der Waals surface area contributed by atoms with Crippen LogP contribution in [-0.2, 0) is 11.2 Å². The number of carbonyl (C=O) groups excluding carboxylic acids is 1. The van der Waals surface area contributed by atoms with Crippen LogP contribution in [-0.4, -0.2) is 24.0 Å².